The van der Waals surface area contributed by atoms with Crippen LogP contribution in [-0.2, 0) is 19.2 Å². The molecule has 1 fully saturated rings. The van der Waals surface area contributed by atoms with Gasteiger partial charge in [0.25, 0.3) is 5.91 Å². The number of nitrogens with zero attached hydrogens (tertiary/aromatic N) is 1. The van der Waals surface area contributed by atoms with Crippen LogP contribution >= 0.6 is 0 Å². The van der Waals surface area contributed by atoms with Crippen molar-refractivity contribution in [2.24, 2.45) is 23.5 Å². The number of hydrogen-bond donors (Lipinski definition) is 5. The quantitative estimate of drug-likeness (QED) is 0.230. The Balaban J connectivity index is 1.90. The number of nitrogens with two attached hydrogens (primary N) is 1. The molecule has 1 aromatic rings. The molecule has 0 saturated heterocycles. The van der Waals surface area contributed by atoms with Gasteiger partial charge in [0.05, 0.1) is 23.7 Å². The Morgan fingerprint density at radius 1 is 1.24 bits per heavy atom. The number of pyridine rings is 1. The smallest absolute Gasteiger partial charge is 0.255 e. The summed E-state index contributed by atoms with van der Waals surface area (Å²) in [5.41, 5.74) is 5.97. The Morgan fingerprint density at radius 2 is 1.97 bits per heavy atom. The van der Waals surface area contributed by atoms with E-state index in [2.05, 4.69) is 16.9 Å². The minimum absolute atomic E-state index is 0.0441. The van der Waals surface area contributed by atoms with E-state index >= 15 is 0 Å². The van der Waals surface area contributed by atoms with Gasteiger partial charge in [0.2, 0.25) is 5.91 Å². The minimum Gasteiger partial charge on any atom is -0.511 e. The van der Waals surface area contributed by atoms with Crippen molar-refractivity contribution in [3.63, 3.8) is 0 Å². The molecule has 3 atom stereocenters. The number of allylic oxidation sites excluding steroid dienone is 7. The normalized spacial score (nSPS) is 26.2. The average molecular weight is 506 g/mol. The highest BCUT2D eigenvalue weighted by Crippen LogP contribution is 2.51. The first-order chi connectivity index (χ1) is 17.6. The molecule has 3 unspecified atom stereocenters. The van der Waals surface area contributed by atoms with E-state index in [1.165, 1.54) is 13.0 Å². The Kier molecular flexibility index (Phi) is 6.84. The first kappa shape index (κ1) is 25.6. The maximum absolute atomic E-state index is 13.9. The number of amides is 2. The zero-order valence-electron chi connectivity index (χ0n) is 20.2. The van der Waals surface area contributed by atoms with E-state index in [9.17, 15) is 34.5 Å². The number of nitrogens with one attached hydrogen (secondary N) is 1. The number of fused-ring (bicyclic) bond motifs is 2. The number of carbonyl (C=O) groups is 4. The van der Waals surface area contributed by atoms with E-state index in [-0.39, 0.29) is 37.0 Å². The topological polar surface area (TPSA) is 180 Å². The number of hydrogen-bond acceptors (Lipinski definition) is 8. The summed E-state index contributed by atoms with van der Waals surface area (Å²) < 4.78 is 0. The molecule has 10 nitrogen and oxygen atoms in total. The lowest BCUT2D eigenvalue weighted by molar-refractivity contribution is -0.126. The third-order valence-corrected chi connectivity index (χ3v) is 7.04. The van der Waals surface area contributed by atoms with Gasteiger partial charge in [-0.15, -0.1) is 0 Å². The summed E-state index contributed by atoms with van der Waals surface area (Å²) in [5, 5.41) is 34.9. The highest BCUT2D eigenvalue weighted by molar-refractivity contribution is 6.22. The molecular weight excluding hydrogens is 478 g/mol. The molecule has 4 rings (SSSR count). The number of rotatable bonds is 5. The van der Waals surface area contributed by atoms with Crippen molar-refractivity contribution >= 4 is 29.0 Å². The van der Waals surface area contributed by atoms with Gasteiger partial charge in [0.15, 0.2) is 11.6 Å². The average Bonchev–Trinajstić information content (AvgIpc) is 2.83. The predicted octanol–water partition coefficient (Wildman–Crippen LogP) is 2.28. The summed E-state index contributed by atoms with van der Waals surface area (Å²) >= 11 is 0. The van der Waals surface area contributed by atoms with E-state index in [0.717, 1.165) is 0 Å². The SMILES string of the molecule is C=C/C(=C1/CC2CC3CC(O)=C(C(N)=O)C(=O)C3C(O)=C2C(=O)/C1=C(\O)CNC(C)=O)c1ccccn1. The second kappa shape index (κ2) is 9.88. The number of aromatic nitrogens is 1. The van der Waals surface area contributed by atoms with Gasteiger partial charge >= 0.3 is 0 Å². The summed E-state index contributed by atoms with van der Waals surface area (Å²) in [6.45, 7) is 4.79. The van der Waals surface area contributed by atoms with Crippen LogP contribution in [0.2, 0.25) is 0 Å². The lowest BCUT2D eigenvalue weighted by Gasteiger charge is -2.41. The third kappa shape index (κ3) is 4.46. The molecule has 0 aromatic carbocycles. The van der Waals surface area contributed by atoms with Crippen molar-refractivity contribution in [3.8, 4) is 0 Å². The van der Waals surface area contributed by atoms with Crippen LogP contribution in [0.15, 0.2) is 76.6 Å². The fraction of sp³-hybridized carbons (Fsp3) is 0.296. The maximum Gasteiger partial charge on any atom is 0.255 e. The first-order valence-electron chi connectivity index (χ1n) is 11.7. The zero-order valence-corrected chi connectivity index (χ0v) is 20.2. The van der Waals surface area contributed by atoms with Gasteiger partial charge in [-0.1, -0.05) is 18.7 Å². The van der Waals surface area contributed by atoms with Gasteiger partial charge in [0.1, 0.15) is 22.9 Å². The molecule has 37 heavy (non-hydrogen) atoms. The summed E-state index contributed by atoms with van der Waals surface area (Å²) in [6, 6.07) is 5.22. The number of aliphatic hydroxyl groups is 3. The van der Waals surface area contributed by atoms with Crippen molar-refractivity contribution in [2.75, 3.05) is 6.54 Å². The van der Waals surface area contributed by atoms with Gasteiger partial charge in [-0.05, 0) is 42.4 Å². The Labute approximate surface area is 212 Å². The number of ketones is 2. The van der Waals surface area contributed by atoms with Gasteiger partial charge < -0.3 is 26.4 Å². The lowest BCUT2D eigenvalue weighted by Crippen LogP contribution is -2.43. The maximum atomic E-state index is 13.9. The Bertz CT molecular complexity index is 1350. The lowest BCUT2D eigenvalue weighted by atomic mass is 9.61. The van der Waals surface area contributed by atoms with Crippen LogP contribution in [0.25, 0.3) is 5.57 Å². The molecule has 192 valence electrons. The predicted molar refractivity (Wildman–Crippen MR) is 133 cm³/mol. The molecule has 0 spiro atoms. The van der Waals surface area contributed by atoms with E-state index in [4.69, 9.17) is 5.73 Å². The highest BCUT2D eigenvalue weighted by Gasteiger charge is 2.51. The Morgan fingerprint density at radius 3 is 2.57 bits per heavy atom. The molecule has 6 N–H and O–H groups in total. The molecule has 0 bridgehead atoms. The van der Waals surface area contributed by atoms with Gasteiger partial charge in [-0.2, -0.15) is 0 Å². The van der Waals surface area contributed by atoms with Crippen LogP contribution < -0.4 is 11.1 Å². The molecule has 3 aliphatic carbocycles. The van der Waals surface area contributed by atoms with Crippen LogP contribution in [0.3, 0.4) is 0 Å². The van der Waals surface area contributed by atoms with Crippen molar-refractivity contribution in [1.82, 2.24) is 10.3 Å². The van der Waals surface area contributed by atoms with Crippen LogP contribution in [0.4, 0.5) is 0 Å². The second-order valence-electron chi connectivity index (χ2n) is 9.30. The van der Waals surface area contributed by atoms with Crippen LogP contribution in [-0.4, -0.2) is 50.2 Å². The fourth-order valence-electron chi connectivity index (χ4n) is 5.53. The van der Waals surface area contributed by atoms with Gasteiger partial charge in [-0.3, -0.25) is 24.2 Å². The third-order valence-electron chi connectivity index (χ3n) is 7.04. The second-order valence-corrected chi connectivity index (χ2v) is 9.30. The number of Topliss-reactive ketones (excluding diaryl/α,β-unsaturated/α-hetero) is 2. The van der Waals surface area contributed by atoms with Crippen molar-refractivity contribution in [2.45, 2.75) is 26.2 Å². The van der Waals surface area contributed by atoms with Crippen molar-refractivity contribution in [1.29, 1.82) is 0 Å². The monoisotopic (exact) mass is 505 g/mol. The summed E-state index contributed by atoms with van der Waals surface area (Å²) in [7, 11) is 0. The zero-order chi connectivity index (χ0) is 27.0. The molecular formula is C27H27N3O7. The van der Waals surface area contributed by atoms with Crippen LogP contribution in [0.5, 0.6) is 0 Å². The Hall–Kier alpha value is -4.47. The molecule has 1 aromatic heterocycles. The first-order valence-corrected chi connectivity index (χ1v) is 11.7. The molecule has 2 amide bonds. The molecule has 1 saturated carbocycles. The van der Waals surface area contributed by atoms with Crippen LogP contribution in [0.1, 0.15) is 31.9 Å². The van der Waals surface area contributed by atoms with Crippen molar-refractivity contribution in [3.05, 3.63) is 82.3 Å². The van der Waals surface area contributed by atoms with Crippen LogP contribution in [0, 0.1) is 17.8 Å². The summed E-state index contributed by atoms with van der Waals surface area (Å²) in [4.78, 5) is 54.5. The van der Waals surface area contributed by atoms with E-state index in [0.29, 0.717) is 16.8 Å². The van der Waals surface area contributed by atoms with Gasteiger partial charge in [0, 0.05) is 30.7 Å². The van der Waals surface area contributed by atoms with E-state index in [1.807, 2.05) is 0 Å². The van der Waals surface area contributed by atoms with Gasteiger partial charge in [-0.25, -0.2) is 0 Å². The largest absolute Gasteiger partial charge is 0.511 e. The minimum atomic E-state index is -1.22. The number of primary amides is 1. The molecule has 0 aliphatic heterocycles. The molecule has 10 heteroatoms. The standard InChI is InChI=1S/C27H27N3O7/c1-3-15(17-6-4-5-7-29-17)16-9-13-8-14-10-18(32)23(27(28)37)26(36)21(14)24(34)20(13)25(35)22(16)19(33)11-30-12(2)31/h3-7,13-14,21,32-34H,1,8-11H2,2H3,(H2,28,37)(H,30,31)/b16-15+,22-19-. The van der Waals surface area contributed by atoms with E-state index < -0.39 is 64.0 Å². The molecule has 1 heterocycles. The van der Waals surface area contributed by atoms with E-state index in [1.54, 1.807) is 24.4 Å². The summed E-state index contributed by atoms with van der Waals surface area (Å²) in [6.07, 6.45) is 3.49. The number of carbonyl (C=O) groups excluding carboxylic acids is 4. The highest BCUT2D eigenvalue weighted by atomic mass is 16.3. The molecule has 0 radical (unpaired) electrons. The van der Waals surface area contributed by atoms with Crippen molar-refractivity contribution < 1.29 is 34.5 Å². The molecule has 3 aliphatic rings. The fourth-order valence-corrected chi connectivity index (χ4v) is 5.53. The number of aliphatic hydroxyl groups excluding tert-OH is 3. The summed E-state index contributed by atoms with van der Waals surface area (Å²) in [5.74, 6) is -6.74.